The van der Waals surface area contributed by atoms with E-state index >= 15 is 0 Å². The van der Waals surface area contributed by atoms with Gasteiger partial charge in [0.2, 0.25) is 0 Å². The van der Waals surface area contributed by atoms with Crippen LogP contribution in [-0.4, -0.2) is 51.3 Å². The molecule has 30 heavy (non-hydrogen) atoms. The number of hydrogen-bond acceptors (Lipinski definition) is 5. The molecule has 1 saturated heterocycles. The lowest BCUT2D eigenvalue weighted by molar-refractivity contribution is -0.386. The number of nitro groups is 1. The van der Waals surface area contributed by atoms with Gasteiger partial charge in [-0.3, -0.25) is 19.6 Å². The summed E-state index contributed by atoms with van der Waals surface area (Å²) < 4.78 is 7.48. The van der Waals surface area contributed by atoms with Crippen molar-refractivity contribution in [2.75, 3.05) is 13.7 Å². The SMILES string of the molecule is Cc1nn(Cc2ccc(C(=O)N(C)[C@@H]3[C@H]4CCO[C@H]4C3(C)C)cc2)c(C)c1[N+](=O)[O-]. The topological polar surface area (TPSA) is 90.5 Å². The Morgan fingerprint density at radius 2 is 2.00 bits per heavy atom. The van der Waals surface area contributed by atoms with E-state index in [9.17, 15) is 14.9 Å². The maximum Gasteiger partial charge on any atom is 0.312 e. The van der Waals surface area contributed by atoms with E-state index in [0.29, 0.717) is 29.4 Å². The van der Waals surface area contributed by atoms with Gasteiger partial charge in [-0.25, -0.2) is 0 Å². The molecular weight excluding hydrogens is 384 g/mol. The Bertz CT molecular complexity index is 995. The van der Waals surface area contributed by atoms with Crippen molar-refractivity contribution in [2.45, 2.75) is 52.8 Å². The first-order valence-corrected chi connectivity index (χ1v) is 10.3. The van der Waals surface area contributed by atoms with Crippen molar-refractivity contribution in [3.05, 3.63) is 56.9 Å². The number of fused-ring (bicyclic) bond motifs is 1. The lowest BCUT2D eigenvalue weighted by Crippen LogP contribution is -2.66. The second kappa shape index (κ2) is 7.19. The number of nitrogens with zero attached hydrogens (tertiary/aromatic N) is 4. The highest BCUT2D eigenvalue weighted by atomic mass is 16.6. The second-order valence-electron chi connectivity index (χ2n) is 9.06. The molecule has 0 radical (unpaired) electrons. The van der Waals surface area contributed by atoms with Crippen LogP contribution in [0.1, 0.15) is 47.6 Å². The van der Waals surface area contributed by atoms with Gasteiger partial charge in [-0.1, -0.05) is 26.0 Å². The molecule has 1 aliphatic heterocycles. The molecule has 160 valence electrons. The van der Waals surface area contributed by atoms with Gasteiger partial charge in [-0.05, 0) is 38.0 Å². The molecule has 0 bridgehead atoms. The molecule has 2 heterocycles. The van der Waals surface area contributed by atoms with Crippen molar-refractivity contribution in [1.29, 1.82) is 0 Å². The minimum atomic E-state index is -0.395. The highest BCUT2D eigenvalue weighted by molar-refractivity contribution is 5.94. The number of rotatable bonds is 5. The number of carbonyl (C=O) groups is 1. The Kier molecular flexibility index (Phi) is 4.92. The number of amides is 1. The predicted octanol–water partition coefficient (Wildman–Crippen LogP) is 3.34. The Morgan fingerprint density at radius 1 is 1.33 bits per heavy atom. The average Bonchev–Trinajstić information content (AvgIpc) is 3.24. The molecule has 0 N–H and O–H groups in total. The molecule has 8 heteroatoms. The highest BCUT2D eigenvalue weighted by Crippen LogP contribution is 2.54. The first kappa shape index (κ1) is 20.5. The van der Waals surface area contributed by atoms with E-state index in [1.807, 2.05) is 36.2 Å². The van der Waals surface area contributed by atoms with Crippen LogP contribution in [-0.2, 0) is 11.3 Å². The molecule has 1 amide bonds. The minimum Gasteiger partial charge on any atom is -0.377 e. The molecule has 2 fully saturated rings. The van der Waals surface area contributed by atoms with Gasteiger partial charge in [0.05, 0.1) is 17.6 Å². The van der Waals surface area contributed by atoms with Crippen LogP contribution in [0, 0.1) is 35.3 Å². The molecule has 2 aromatic rings. The fraction of sp³-hybridized carbons (Fsp3) is 0.545. The molecule has 1 aromatic heterocycles. The summed E-state index contributed by atoms with van der Waals surface area (Å²) in [6, 6.07) is 7.59. The van der Waals surface area contributed by atoms with Crippen molar-refractivity contribution in [1.82, 2.24) is 14.7 Å². The van der Waals surface area contributed by atoms with E-state index in [-0.39, 0.29) is 29.2 Å². The first-order valence-electron chi connectivity index (χ1n) is 10.3. The van der Waals surface area contributed by atoms with Gasteiger partial charge in [0.15, 0.2) is 0 Å². The summed E-state index contributed by atoms with van der Waals surface area (Å²) in [5.41, 5.74) is 2.51. The third-order valence-electron chi connectivity index (χ3n) is 6.84. The van der Waals surface area contributed by atoms with Crippen LogP contribution in [0.4, 0.5) is 5.69 Å². The molecule has 0 unspecified atom stereocenters. The average molecular weight is 412 g/mol. The van der Waals surface area contributed by atoms with Gasteiger partial charge in [-0.2, -0.15) is 5.10 Å². The zero-order valence-electron chi connectivity index (χ0n) is 18.1. The van der Waals surface area contributed by atoms with Crippen LogP contribution in [0.15, 0.2) is 24.3 Å². The molecule has 2 aliphatic rings. The van der Waals surface area contributed by atoms with Crippen LogP contribution < -0.4 is 0 Å². The third kappa shape index (κ3) is 3.10. The van der Waals surface area contributed by atoms with Crippen molar-refractivity contribution < 1.29 is 14.5 Å². The maximum absolute atomic E-state index is 13.1. The van der Waals surface area contributed by atoms with E-state index in [0.717, 1.165) is 18.6 Å². The summed E-state index contributed by atoms with van der Waals surface area (Å²) in [5.74, 6) is 0.418. The van der Waals surface area contributed by atoms with Gasteiger partial charge < -0.3 is 9.64 Å². The quantitative estimate of drug-likeness (QED) is 0.555. The van der Waals surface area contributed by atoms with E-state index in [2.05, 4.69) is 18.9 Å². The normalized spacial score (nSPS) is 24.2. The van der Waals surface area contributed by atoms with Gasteiger partial charge >= 0.3 is 5.69 Å². The summed E-state index contributed by atoms with van der Waals surface area (Å²) in [4.78, 5) is 25.8. The van der Waals surface area contributed by atoms with Crippen molar-refractivity contribution >= 4 is 11.6 Å². The molecule has 1 saturated carbocycles. The highest BCUT2D eigenvalue weighted by Gasteiger charge is 2.61. The molecule has 8 nitrogen and oxygen atoms in total. The summed E-state index contributed by atoms with van der Waals surface area (Å²) in [7, 11) is 1.88. The first-order chi connectivity index (χ1) is 14.1. The van der Waals surface area contributed by atoms with Gasteiger partial charge in [-0.15, -0.1) is 0 Å². The number of ether oxygens (including phenoxy) is 1. The van der Waals surface area contributed by atoms with Crippen molar-refractivity contribution in [3.63, 3.8) is 0 Å². The molecule has 1 aromatic carbocycles. The zero-order chi connectivity index (χ0) is 21.8. The smallest absolute Gasteiger partial charge is 0.312 e. The zero-order valence-corrected chi connectivity index (χ0v) is 18.1. The number of carbonyl (C=O) groups excluding carboxylic acids is 1. The van der Waals surface area contributed by atoms with Crippen LogP contribution in [0.3, 0.4) is 0 Å². The minimum absolute atomic E-state index is 0.00623. The molecule has 1 aliphatic carbocycles. The predicted molar refractivity (Wildman–Crippen MR) is 111 cm³/mol. The standard InChI is InChI=1S/C22H28N4O4/c1-13-18(26(28)29)14(2)25(23-13)12-15-6-8-16(9-7-15)21(27)24(5)19-17-10-11-30-20(17)22(19,3)4/h6-9,17,19-20H,10-12H2,1-5H3/t17-,19-,20-/m1/s1. The van der Waals surface area contributed by atoms with Crippen molar-refractivity contribution in [3.8, 4) is 0 Å². The number of aromatic nitrogens is 2. The van der Waals surface area contributed by atoms with E-state index in [1.54, 1.807) is 18.5 Å². The monoisotopic (exact) mass is 412 g/mol. The van der Waals surface area contributed by atoms with E-state index in [1.165, 1.54) is 0 Å². The lowest BCUT2D eigenvalue weighted by Gasteiger charge is -2.57. The van der Waals surface area contributed by atoms with E-state index in [4.69, 9.17) is 4.74 Å². The van der Waals surface area contributed by atoms with Crippen LogP contribution in [0.25, 0.3) is 0 Å². The third-order valence-corrected chi connectivity index (χ3v) is 6.84. The van der Waals surface area contributed by atoms with E-state index < -0.39 is 4.92 Å². The van der Waals surface area contributed by atoms with Crippen LogP contribution in [0.5, 0.6) is 0 Å². The number of hydrogen-bond donors (Lipinski definition) is 0. The largest absolute Gasteiger partial charge is 0.377 e. The van der Waals surface area contributed by atoms with Gasteiger partial charge in [0, 0.05) is 36.6 Å². The Balaban J connectivity index is 1.48. The summed E-state index contributed by atoms with van der Waals surface area (Å²) >= 11 is 0. The Hall–Kier alpha value is -2.74. The molecular formula is C22H28N4O4. The molecule has 4 rings (SSSR count). The maximum atomic E-state index is 13.1. The summed E-state index contributed by atoms with van der Waals surface area (Å²) in [6.45, 7) is 8.87. The molecule has 0 spiro atoms. The van der Waals surface area contributed by atoms with Gasteiger partial charge in [0.25, 0.3) is 5.91 Å². The number of benzene rings is 1. The van der Waals surface area contributed by atoms with Crippen molar-refractivity contribution in [2.24, 2.45) is 11.3 Å². The molecule has 3 atom stereocenters. The van der Waals surface area contributed by atoms with Crippen LogP contribution in [0.2, 0.25) is 0 Å². The number of aryl methyl sites for hydroxylation is 1. The van der Waals surface area contributed by atoms with Gasteiger partial charge in [0.1, 0.15) is 11.4 Å². The Labute approximate surface area is 176 Å². The lowest BCUT2D eigenvalue weighted by atomic mass is 9.56. The fourth-order valence-corrected chi connectivity index (χ4v) is 5.45. The fourth-order valence-electron chi connectivity index (χ4n) is 5.45. The summed E-state index contributed by atoms with van der Waals surface area (Å²) in [6.07, 6.45) is 1.24. The summed E-state index contributed by atoms with van der Waals surface area (Å²) in [5, 5.41) is 15.5. The van der Waals surface area contributed by atoms with Crippen LogP contribution >= 0.6 is 0 Å². The second-order valence-corrected chi connectivity index (χ2v) is 9.06. The Morgan fingerprint density at radius 3 is 2.60 bits per heavy atom.